The van der Waals surface area contributed by atoms with E-state index in [9.17, 15) is 19.2 Å². The number of ketones is 2. The van der Waals surface area contributed by atoms with Gasteiger partial charge in [-0.1, -0.05) is 51.3 Å². The van der Waals surface area contributed by atoms with Gasteiger partial charge in [-0.15, -0.1) is 0 Å². The molecule has 0 bridgehead atoms. The number of benzene rings is 2. The van der Waals surface area contributed by atoms with Crippen molar-refractivity contribution in [2.24, 2.45) is 0 Å². The van der Waals surface area contributed by atoms with Crippen LogP contribution in [-0.4, -0.2) is 23.5 Å². The van der Waals surface area contributed by atoms with Gasteiger partial charge in [-0.2, -0.15) is 0 Å². The first-order chi connectivity index (χ1) is 15.4. The van der Waals surface area contributed by atoms with Gasteiger partial charge in [0.2, 0.25) is 0 Å². The largest absolute Gasteiger partial charge is 0.426 e. The number of rotatable bonds is 10. The van der Waals surface area contributed by atoms with Crippen LogP contribution in [0.2, 0.25) is 0 Å². The third-order valence-electron chi connectivity index (χ3n) is 5.18. The van der Waals surface area contributed by atoms with Crippen LogP contribution in [0.15, 0.2) is 72.8 Å². The fourth-order valence-corrected chi connectivity index (χ4v) is 2.94. The van der Waals surface area contributed by atoms with Crippen LogP contribution in [0.3, 0.4) is 0 Å². The van der Waals surface area contributed by atoms with Crippen molar-refractivity contribution < 1.29 is 28.7 Å². The Hall–Kier alpha value is -3.80. The Morgan fingerprint density at radius 1 is 0.667 bits per heavy atom. The first-order valence-electron chi connectivity index (χ1n) is 10.4. The first kappa shape index (κ1) is 25.5. The molecule has 0 aliphatic rings. The number of allylic oxidation sites excluding steroid dienone is 2. The SMILES string of the molecule is C=C(C)C(=O)CC(=O)Oc1ccc(C(C)(C)c2ccc(OC(=O)CC(=O)C(=C)C)cc2)cc1. The highest BCUT2D eigenvalue weighted by Crippen LogP contribution is 2.33. The van der Waals surface area contributed by atoms with E-state index in [0.29, 0.717) is 22.6 Å². The van der Waals surface area contributed by atoms with Crippen molar-refractivity contribution in [1.82, 2.24) is 0 Å². The maximum Gasteiger partial charge on any atom is 0.319 e. The number of Topliss-reactive ketones (excluding diaryl/α,β-unsaturated/α-hetero) is 2. The molecule has 0 radical (unpaired) electrons. The summed E-state index contributed by atoms with van der Waals surface area (Å²) in [6, 6.07) is 14.1. The van der Waals surface area contributed by atoms with Gasteiger partial charge in [-0.25, -0.2) is 0 Å². The predicted octanol–water partition coefficient (Wildman–Crippen LogP) is 4.89. The van der Waals surface area contributed by atoms with Gasteiger partial charge in [0.25, 0.3) is 0 Å². The molecule has 0 spiro atoms. The molecule has 172 valence electrons. The van der Waals surface area contributed by atoms with Crippen LogP contribution in [-0.2, 0) is 24.6 Å². The van der Waals surface area contributed by atoms with Gasteiger partial charge in [0.1, 0.15) is 24.3 Å². The summed E-state index contributed by atoms with van der Waals surface area (Å²) in [5, 5.41) is 0. The van der Waals surface area contributed by atoms with Crippen molar-refractivity contribution in [3.63, 3.8) is 0 Å². The molecule has 0 saturated heterocycles. The minimum Gasteiger partial charge on any atom is -0.426 e. The monoisotopic (exact) mass is 448 g/mol. The topological polar surface area (TPSA) is 86.7 Å². The van der Waals surface area contributed by atoms with E-state index >= 15 is 0 Å². The Morgan fingerprint density at radius 2 is 0.970 bits per heavy atom. The molecule has 0 fully saturated rings. The second-order valence-corrected chi connectivity index (χ2v) is 8.38. The summed E-state index contributed by atoms with van der Waals surface area (Å²) in [4.78, 5) is 47.0. The minimum absolute atomic E-state index is 0.310. The summed E-state index contributed by atoms with van der Waals surface area (Å²) in [5.41, 5.74) is 2.17. The van der Waals surface area contributed by atoms with Crippen molar-refractivity contribution in [2.45, 2.75) is 46.0 Å². The van der Waals surface area contributed by atoms with E-state index in [0.717, 1.165) is 11.1 Å². The smallest absolute Gasteiger partial charge is 0.319 e. The lowest BCUT2D eigenvalue weighted by Crippen LogP contribution is -2.19. The minimum atomic E-state index is -0.634. The number of hydrogen-bond donors (Lipinski definition) is 0. The molecule has 0 aliphatic carbocycles. The fraction of sp³-hybridized carbons (Fsp3) is 0.259. The van der Waals surface area contributed by atoms with Gasteiger partial charge in [0.05, 0.1) is 0 Å². The lowest BCUT2D eigenvalue weighted by Gasteiger charge is -2.26. The second-order valence-electron chi connectivity index (χ2n) is 8.38. The molecule has 2 aromatic rings. The van der Waals surface area contributed by atoms with Crippen molar-refractivity contribution in [3.05, 3.63) is 84.0 Å². The molecule has 2 rings (SSSR count). The summed E-state index contributed by atoms with van der Waals surface area (Å²) in [6.45, 7) is 14.2. The summed E-state index contributed by atoms with van der Waals surface area (Å²) >= 11 is 0. The normalized spacial score (nSPS) is 10.8. The highest BCUT2D eigenvalue weighted by Gasteiger charge is 2.24. The number of carbonyl (C=O) groups is 4. The molecule has 0 atom stereocenters. The Morgan fingerprint density at radius 3 is 1.24 bits per heavy atom. The highest BCUT2D eigenvalue weighted by molar-refractivity contribution is 6.05. The molecular weight excluding hydrogens is 420 g/mol. The van der Waals surface area contributed by atoms with Gasteiger partial charge in [-0.05, 0) is 60.4 Å². The maximum atomic E-state index is 11.9. The number of carbonyl (C=O) groups excluding carboxylic acids is 4. The molecule has 0 aromatic heterocycles. The third kappa shape index (κ3) is 7.10. The third-order valence-corrected chi connectivity index (χ3v) is 5.18. The zero-order valence-corrected chi connectivity index (χ0v) is 19.4. The fourth-order valence-electron chi connectivity index (χ4n) is 2.94. The molecule has 6 heteroatoms. The highest BCUT2D eigenvalue weighted by atomic mass is 16.5. The van der Waals surface area contributed by atoms with Crippen LogP contribution in [0.25, 0.3) is 0 Å². The number of esters is 2. The average molecular weight is 449 g/mol. The predicted molar refractivity (Wildman–Crippen MR) is 125 cm³/mol. The zero-order chi connectivity index (χ0) is 24.8. The Kier molecular flexibility index (Phi) is 8.24. The summed E-state index contributed by atoms with van der Waals surface area (Å²) < 4.78 is 10.4. The van der Waals surface area contributed by atoms with Gasteiger partial charge >= 0.3 is 11.9 Å². The Balaban J connectivity index is 2.05. The van der Waals surface area contributed by atoms with Crippen LogP contribution in [0, 0.1) is 0 Å². The van der Waals surface area contributed by atoms with Crippen molar-refractivity contribution in [2.75, 3.05) is 0 Å². The van der Waals surface area contributed by atoms with E-state index in [2.05, 4.69) is 13.2 Å². The van der Waals surface area contributed by atoms with Gasteiger partial charge < -0.3 is 9.47 Å². The summed E-state index contributed by atoms with van der Waals surface area (Å²) in [7, 11) is 0. The van der Waals surface area contributed by atoms with Gasteiger partial charge in [0.15, 0.2) is 11.6 Å². The lowest BCUT2D eigenvalue weighted by atomic mass is 9.78. The van der Waals surface area contributed by atoms with E-state index in [1.165, 1.54) is 0 Å². The molecule has 0 unspecified atom stereocenters. The molecule has 0 amide bonds. The molecule has 6 nitrogen and oxygen atoms in total. The molecule has 0 aliphatic heterocycles. The van der Waals surface area contributed by atoms with Gasteiger partial charge in [-0.3, -0.25) is 19.2 Å². The Labute approximate surface area is 193 Å². The molecule has 0 saturated carbocycles. The maximum absolute atomic E-state index is 11.9. The second kappa shape index (κ2) is 10.7. The van der Waals surface area contributed by atoms with Gasteiger partial charge in [0, 0.05) is 5.41 Å². The zero-order valence-electron chi connectivity index (χ0n) is 19.4. The number of hydrogen-bond acceptors (Lipinski definition) is 6. The van der Waals surface area contributed by atoms with E-state index in [1.54, 1.807) is 38.1 Å². The standard InChI is InChI=1S/C27H28O6/c1-17(2)23(28)15-25(30)32-21-11-7-19(8-12-21)27(5,6)20-9-13-22(14-10-20)33-26(31)16-24(29)18(3)4/h7-14H,1,3,15-16H2,2,4-6H3. The Bertz CT molecular complexity index is 1000. The van der Waals surface area contributed by atoms with Crippen LogP contribution in [0.1, 0.15) is 51.7 Å². The van der Waals surface area contributed by atoms with Crippen LogP contribution in [0.4, 0.5) is 0 Å². The van der Waals surface area contributed by atoms with Crippen LogP contribution in [0.5, 0.6) is 11.5 Å². The first-order valence-corrected chi connectivity index (χ1v) is 10.4. The van der Waals surface area contributed by atoms with Crippen molar-refractivity contribution >= 4 is 23.5 Å². The molecule has 2 aromatic carbocycles. The van der Waals surface area contributed by atoms with E-state index in [1.807, 2.05) is 38.1 Å². The van der Waals surface area contributed by atoms with Crippen LogP contribution >= 0.6 is 0 Å². The van der Waals surface area contributed by atoms with Crippen LogP contribution < -0.4 is 9.47 Å². The lowest BCUT2D eigenvalue weighted by molar-refractivity contribution is -0.138. The average Bonchev–Trinajstić information content (AvgIpc) is 2.74. The number of ether oxygens (including phenoxy) is 2. The summed E-state index contributed by atoms with van der Waals surface area (Å²) in [5.74, 6) is -1.28. The summed E-state index contributed by atoms with van der Waals surface area (Å²) in [6.07, 6.45) is -0.693. The van der Waals surface area contributed by atoms with Crippen molar-refractivity contribution in [1.29, 1.82) is 0 Å². The molecular formula is C27H28O6. The molecule has 0 N–H and O–H groups in total. The van der Waals surface area contributed by atoms with E-state index < -0.39 is 17.4 Å². The van der Waals surface area contributed by atoms with Crippen molar-refractivity contribution in [3.8, 4) is 11.5 Å². The van der Waals surface area contributed by atoms with E-state index in [4.69, 9.17) is 9.47 Å². The molecule has 0 heterocycles. The molecule has 33 heavy (non-hydrogen) atoms. The van der Waals surface area contributed by atoms with E-state index in [-0.39, 0.29) is 24.4 Å². The quantitative estimate of drug-likeness (QED) is 0.223.